The van der Waals surface area contributed by atoms with E-state index in [-0.39, 0.29) is 20.6 Å². The van der Waals surface area contributed by atoms with Crippen molar-refractivity contribution in [2.75, 3.05) is 16.4 Å². The summed E-state index contributed by atoms with van der Waals surface area (Å²) < 4.78 is 50.0. The first kappa shape index (κ1) is 15.7. The molecule has 0 atom stereocenters. The van der Waals surface area contributed by atoms with E-state index in [9.17, 15) is 16.8 Å². The van der Waals surface area contributed by atoms with Crippen LogP contribution in [0.2, 0.25) is 0 Å². The standard InChI is InChI=1S/C10H12N4O4S3/c1-20(15,16)7-2-3-8(13-11)9(6-7)21(17,18)14-10-12-4-5-19-10/h2-6,13H,11H2,1H3,(H,12,14). The zero-order valence-electron chi connectivity index (χ0n) is 10.8. The fourth-order valence-electron chi connectivity index (χ4n) is 1.52. The van der Waals surface area contributed by atoms with Gasteiger partial charge in [-0.1, -0.05) is 0 Å². The maximum absolute atomic E-state index is 12.3. The number of anilines is 2. The van der Waals surface area contributed by atoms with Gasteiger partial charge in [0.15, 0.2) is 15.0 Å². The van der Waals surface area contributed by atoms with E-state index < -0.39 is 19.9 Å². The second-order valence-corrected chi connectivity index (χ2v) is 8.58. The van der Waals surface area contributed by atoms with Crippen LogP contribution < -0.4 is 16.0 Å². The van der Waals surface area contributed by atoms with Gasteiger partial charge in [-0.25, -0.2) is 21.8 Å². The van der Waals surface area contributed by atoms with E-state index in [4.69, 9.17) is 5.84 Å². The first-order valence-corrected chi connectivity index (χ1v) is 9.72. The van der Waals surface area contributed by atoms with Crippen LogP contribution in [0.1, 0.15) is 0 Å². The maximum Gasteiger partial charge on any atom is 0.265 e. The predicted molar refractivity (Wildman–Crippen MR) is 80.3 cm³/mol. The van der Waals surface area contributed by atoms with Crippen molar-refractivity contribution in [3.05, 3.63) is 29.8 Å². The molecule has 0 saturated carbocycles. The van der Waals surface area contributed by atoms with Crippen molar-refractivity contribution in [1.82, 2.24) is 4.98 Å². The molecule has 0 saturated heterocycles. The maximum atomic E-state index is 12.3. The average Bonchev–Trinajstić information content (AvgIpc) is 2.89. The first-order chi connectivity index (χ1) is 9.74. The van der Waals surface area contributed by atoms with Gasteiger partial charge in [0.2, 0.25) is 0 Å². The minimum atomic E-state index is -4.02. The Balaban J connectivity index is 2.55. The molecule has 114 valence electrons. The van der Waals surface area contributed by atoms with E-state index in [0.29, 0.717) is 0 Å². The second-order valence-electron chi connectivity index (χ2n) is 4.02. The van der Waals surface area contributed by atoms with E-state index in [1.807, 2.05) is 0 Å². The van der Waals surface area contributed by atoms with Gasteiger partial charge >= 0.3 is 0 Å². The number of rotatable bonds is 5. The van der Waals surface area contributed by atoms with Crippen molar-refractivity contribution in [3.8, 4) is 0 Å². The number of hydrazine groups is 1. The molecule has 0 bridgehead atoms. The summed E-state index contributed by atoms with van der Waals surface area (Å²) in [6.07, 6.45) is 2.43. The zero-order chi connectivity index (χ0) is 15.7. The Bertz CT molecular complexity index is 844. The number of hydrogen-bond acceptors (Lipinski definition) is 8. The number of aromatic nitrogens is 1. The van der Waals surface area contributed by atoms with Crippen LogP contribution in [0.4, 0.5) is 10.8 Å². The highest BCUT2D eigenvalue weighted by atomic mass is 32.2. The quantitative estimate of drug-likeness (QED) is 0.533. The minimum Gasteiger partial charge on any atom is -0.323 e. The average molecular weight is 348 g/mol. The smallest absolute Gasteiger partial charge is 0.265 e. The predicted octanol–water partition coefficient (Wildman–Crippen LogP) is 0.633. The largest absolute Gasteiger partial charge is 0.323 e. The summed E-state index contributed by atoms with van der Waals surface area (Å²) in [5.41, 5.74) is 2.30. The molecule has 0 unspecified atom stereocenters. The van der Waals surface area contributed by atoms with E-state index in [2.05, 4.69) is 15.1 Å². The van der Waals surface area contributed by atoms with Crippen LogP contribution in [-0.4, -0.2) is 28.1 Å². The van der Waals surface area contributed by atoms with Crippen LogP contribution >= 0.6 is 11.3 Å². The van der Waals surface area contributed by atoms with Crippen molar-refractivity contribution in [2.45, 2.75) is 9.79 Å². The summed E-state index contributed by atoms with van der Waals surface area (Å²) >= 11 is 1.10. The zero-order valence-corrected chi connectivity index (χ0v) is 13.2. The van der Waals surface area contributed by atoms with Gasteiger partial charge in [0.05, 0.1) is 10.6 Å². The Hall–Kier alpha value is -1.69. The van der Waals surface area contributed by atoms with E-state index in [0.717, 1.165) is 23.7 Å². The molecule has 21 heavy (non-hydrogen) atoms. The first-order valence-electron chi connectivity index (χ1n) is 5.47. The van der Waals surface area contributed by atoms with Gasteiger partial charge in [0, 0.05) is 17.8 Å². The molecular formula is C10H12N4O4S3. The lowest BCUT2D eigenvalue weighted by Gasteiger charge is -2.11. The van der Waals surface area contributed by atoms with Crippen LogP contribution in [0.3, 0.4) is 0 Å². The molecule has 11 heteroatoms. The molecular weight excluding hydrogens is 336 g/mol. The van der Waals surface area contributed by atoms with Crippen molar-refractivity contribution < 1.29 is 16.8 Å². The monoisotopic (exact) mass is 348 g/mol. The molecule has 0 radical (unpaired) electrons. The lowest BCUT2D eigenvalue weighted by molar-refractivity contribution is 0.600. The van der Waals surface area contributed by atoms with Crippen LogP contribution in [-0.2, 0) is 19.9 Å². The lowest BCUT2D eigenvalue weighted by Crippen LogP contribution is -2.18. The molecule has 4 N–H and O–H groups in total. The van der Waals surface area contributed by atoms with Crippen LogP contribution in [0, 0.1) is 0 Å². The summed E-state index contributed by atoms with van der Waals surface area (Å²) in [4.78, 5) is 3.41. The third-order valence-corrected chi connectivity index (χ3v) is 5.79. The normalized spacial score (nSPS) is 12.1. The number of nitrogens with one attached hydrogen (secondary N) is 2. The molecule has 2 rings (SSSR count). The highest BCUT2D eigenvalue weighted by Crippen LogP contribution is 2.26. The molecule has 1 aromatic carbocycles. The summed E-state index contributed by atoms with van der Waals surface area (Å²) in [7, 11) is -7.56. The summed E-state index contributed by atoms with van der Waals surface area (Å²) in [6.45, 7) is 0. The number of nitrogens with two attached hydrogens (primary N) is 1. The Morgan fingerprint density at radius 2 is 1.95 bits per heavy atom. The van der Waals surface area contributed by atoms with Crippen molar-refractivity contribution >= 4 is 42.0 Å². The lowest BCUT2D eigenvalue weighted by atomic mass is 10.3. The molecule has 0 aliphatic carbocycles. The number of sulfonamides is 1. The van der Waals surface area contributed by atoms with Crippen LogP contribution in [0.15, 0.2) is 39.6 Å². The summed E-state index contributed by atoms with van der Waals surface area (Å²) in [6, 6.07) is 3.60. The molecule has 0 fully saturated rings. The minimum absolute atomic E-state index is 0.0754. The van der Waals surface area contributed by atoms with E-state index >= 15 is 0 Å². The van der Waals surface area contributed by atoms with Crippen molar-refractivity contribution in [1.29, 1.82) is 0 Å². The summed E-state index contributed by atoms with van der Waals surface area (Å²) in [5, 5.41) is 1.77. The Labute approximate surface area is 126 Å². The Morgan fingerprint density at radius 1 is 1.24 bits per heavy atom. The molecule has 0 amide bonds. The molecule has 2 aromatic rings. The van der Waals surface area contributed by atoms with Gasteiger partial charge in [-0.3, -0.25) is 10.6 Å². The molecule has 0 aliphatic heterocycles. The topological polar surface area (TPSA) is 131 Å². The van der Waals surface area contributed by atoms with Gasteiger partial charge in [-0.15, -0.1) is 11.3 Å². The van der Waals surface area contributed by atoms with Gasteiger partial charge in [0.25, 0.3) is 10.0 Å². The highest BCUT2D eigenvalue weighted by Gasteiger charge is 2.22. The number of hydrogen-bond donors (Lipinski definition) is 3. The van der Waals surface area contributed by atoms with Crippen molar-refractivity contribution in [2.24, 2.45) is 5.84 Å². The molecule has 1 aromatic heterocycles. The number of nitrogen functional groups attached to an aromatic ring is 1. The number of sulfone groups is 1. The van der Waals surface area contributed by atoms with Gasteiger partial charge < -0.3 is 5.43 Å². The third kappa shape index (κ3) is 3.50. The fourth-order valence-corrected chi connectivity index (χ4v) is 4.23. The second kappa shape index (κ2) is 5.60. The molecule has 1 heterocycles. The van der Waals surface area contributed by atoms with E-state index in [1.54, 1.807) is 5.38 Å². The van der Waals surface area contributed by atoms with E-state index in [1.165, 1.54) is 18.3 Å². The molecule has 0 spiro atoms. The number of thiazole rings is 1. The van der Waals surface area contributed by atoms with Crippen molar-refractivity contribution in [3.63, 3.8) is 0 Å². The fraction of sp³-hybridized carbons (Fsp3) is 0.100. The number of nitrogens with zero attached hydrogens (tertiary/aromatic N) is 1. The molecule has 0 aliphatic rings. The highest BCUT2D eigenvalue weighted by molar-refractivity contribution is 7.93. The molecule has 8 nitrogen and oxygen atoms in total. The van der Waals surface area contributed by atoms with Gasteiger partial charge in [0.1, 0.15) is 4.90 Å². The number of benzene rings is 1. The van der Waals surface area contributed by atoms with Crippen LogP contribution in [0.25, 0.3) is 0 Å². The Morgan fingerprint density at radius 3 is 2.48 bits per heavy atom. The summed E-state index contributed by atoms with van der Waals surface area (Å²) in [5.74, 6) is 5.28. The van der Waals surface area contributed by atoms with Gasteiger partial charge in [-0.05, 0) is 18.2 Å². The third-order valence-electron chi connectivity index (χ3n) is 2.48. The van der Waals surface area contributed by atoms with Gasteiger partial charge in [-0.2, -0.15) is 0 Å². The Kier molecular flexibility index (Phi) is 4.18. The van der Waals surface area contributed by atoms with Crippen LogP contribution in [0.5, 0.6) is 0 Å². The SMILES string of the molecule is CS(=O)(=O)c1ccc(NN)c(S(=O)(=O)Nc2nccs2)c1.